The van der Waals surface area contributed by atoms with Crippen molar-refractivity contribution in [3.8, 4) is 0 Å². The van der Waals surface area contributed by atoms with E-state index in [1.165, 1.54) is 12.8 Å². The zero-order valence-corrected chi connectivity index (χ0v) is 14.6. The largest absolute Gasteiger partial charge is 0.293 e. The normalized spacial score (nSPS) is 17.3. The highest BCUT2D eigenvalue weighted by Crippen LogP contribution is 2.30. The minimum atomic E-state index is 0.249. The fourth-order valence-electron chi connectivity index (χ4n) is 3.54. The van der Waals surface area contributed by atoms with E-state index >= 15 is 0 Å². The quantitative estimate of drug-likeness (QED) is 0.640. The minimum absolute atomic E-state index is 0.249. The lowest BCUT2D eigenvalue weighted by atomic mass is 9.85. The molecule has 0 saturated carbocycles. The molecule has 1 heteroatoms. The van der Waals surface area contributed by atoms with Gasteiger partial charge in [0.15, 0.2) is 0 Å². The molecule has 0 aromatic rings. The van der Waals surface area contributed by atoms with Crippen LogP contribution in [0.3, 0.4) is 0 Å². The van der Waals surface area contributed by atoms with Crippen molar-refractivity contribution in [1.29, 1.82) is 0 Å². The minimum Gasteiger partial charge on any atom is -0.293 e. The van der Waals surface area contributed by atoms with Crippen LogP contribution in [0.15, 0.2) is 0 Å². The van der Waals surface area contributed by atoms with E-state index in [2.05, 4.69) is 74.1 Å². The van der Waals surface area contributed by atoms with Crippen LogP contribution in [0.2, 0.25) is 0 Å². The maximum absolute atomic E-state index is 2.72. The third kappa shape index (κ3) is 6.78. The van der Waals surface area contributed by atoms with Gasteiger partial charge in [0.25, 0.3) is 0 Å². The molecule has 1 nitrogen and oxygen atoms in total. The Balaban J connectivity index is 4.89. The molecule has 0 spiro atoms. The summed E-state index contributed by atoms with van der Waals surface area (Å²) >= 11 is 0. The van der Waals surface area contributed by atoms with Gasteiger partial charge in [-0.3, -0.25) is 4.90 Å². The van der Waals surface area contributed by atoms with Gasteiger partial charge in [0, 0.05) is 17.6 Å². The summed E-state index contributed by atoms with van der Waals surface area (Å²) in [4.78, 5) is 2.72. The van der Waals surface area contributed by atoms with Crippen LogP contribution < -0.4 is 0 Å². The molecule has 0 aliphatic rings. The van der Waals surface area contributed by atoms with Crippen LogP contribution >= 0.6 is 0 Å². The van der Waals surface area contributed by atoms with Crippen molar-refractivity contribution in [2.75, 3.05) is 0 Å². The van der Waals surface area contributed by atoms with Crippen LogP contribution in [0.25, 0.3) is 0 Å². The Labute approximate surface area is 116 Å². The standard InChI is InChI=1S/C17H37N/c1-13(2)11-14(3)18(17(8,9)10)15(4)12-16(5,6)7/h13-15H,11-12H2,1-10H3. The molecule has 0 amide bonds. The van der Waals surface area contributed by atoms with Crippen LogP contribution in [0.5, 0.6) is 0 Å². The van der Waals surface area contributed by atoms with Crippen molar-refractivity contribution >= 4 is 0 Å². The van der Waals surface area contributed by atoms with Crippen LogP contribution in [0.1, 0.15) is 82.1 Å². The second-order valence-corrected chi connectivity index (χ2v) is 8.67. The summed E-state index contributed by atoms with van der Waals surface area (Å²) in [5.41, 5.74) is 0.652. The van der Waals surface area contributed by atoms with Crippen molar-refractivity contribution in [2.24, 2.45) is 11.3 Å². The number of hydrogen-bond acceptors (Lipinski definition) is 1. The maximum Gasteiger partial charge on any atom is 0.0130 e. The van der Waals surface area contributed by atoms with Gasteiger partial charge in [-0.1, -0.05) is 34.6 Å². The summed E-state index contributed by atoms with van der Waals surface area (Å²) in [5.74, 6) is 0.770. The lowest BCUT2D eigenvalue weighted by molar-refractivity contribution is 0.0224. The first-order valence-corrected chi connectivity index (χ1v) is 7.63. The zero-order valence-electron chi connectivity index (χ0n) is 14.6. The molecule has 0 heterocycles. The second-order valence-electron chi connectivity index (χ2n) is 8.67. The molecule has 0 rings (SSSR count). The van der Waals surface area contributed by atoms with Gasteiger partial charge >= 0.3 is 0 Å². The topological polar surface area (TPSA) is 3.24 Å². The Hall–Kier alpha value is -0.0400. The first-order chi connectivity index (χ1) is 7.84. The van der Waals surface area contributed by atoms with Crippen LogP contribution in [0.4, 0.5) is 0 Å². The number of hydrogen-bond donors (Lipinski definition) is 0. The highest BCUT2D eigenvalue weighted by atomic mass is 15.2. The lowest BCUT2D eigenvalue weighted by Crippen LogP contribution is -2.53. The van der Waals surface area contributed by atoms with Gasteiger partial charge < -0.3 is 0 Å². The van der Waals surface area contributed by atoms with E-state index in [0.717, 1.165) is 5.92 Å². The van der Waals surface area contributed by atoms with E-state index in [-0.39, 0.29) is 5.54 Å². The van der Waals surface area contributed by atoms with Crippen molar-refractivity contribution in [3.05, 3.63) is 0 Å². The van der Waals surface area contributed by atoms with Crippen molar-refractivity contribution in [2.45, 2.75) is 99.7 Å². The Morgan fingerprint density at radius 3 is 1.50 bits per heavy atom. The predicted octanol–water partition coefficient (Wildman–Crippen LogP) is 5.35. The Morgan fingerprint density at radius 1 is 0.778 bits per heavy atom. The van der Waals surface area contributed by atoms with E-state index < -0.39 is 0 Å². The third-order valence-corrected chi connectivity index (χ3v) is 3.44. The van der Waals surface area contributed by atoms with Crippen LogP contribution in [0, 0.1) is 11.3 Å². The fourth-order valence-corrected chi connectivity index (χ4v) is 3.54. The van der Waals surface area contributed by atoms with E-state index in [4.69, 9.17) is 0 Å². The molecular weight excluding hydrogens is 218 g/mol. The molecule has 0 fully saturated rings. The molecule has 0 saturated heterocycles. The highest BCUT2D eigenvalue weighted by Gasteiger charge is 2.32. The number of rotatable bonds is 5. The summed E-state index contributed by atoms with van der Waals surface area (Å²) in [6.07, 6.45) is 2.54. The molecule has 0 aromatic carbocycles. The van der Waals surface area contributed by atoms with Crippen LogP contribution in [-0.2, 0) is 0 Å². The smallest absolute Gasteiger partial charge is 0.0130 e. The summed E-state index contributed by atoms with van der Waals surface area (Å²) in [7, 11) is 0. The van der Waals surface area contributed by atoms with Gasteiger partial charge in [-0.05, 0) is 58.8 Å². The summed E-state index contributed by atoms with van der Waals surface area (Å²) < 4.78 is 0. The van der Waals surface area contributed by atoms with Crippen molar-refractivity contribution in [3.63, 3.8) is 0 Å². The first-order valence-electron chi connectivity index (χ1n) is 7.63. The third-order valence-electron chi connectivity index (χ3n) is 3.44. The second kappa shape index (κ2) is 6.41. The van der Waals surface area contributed by atoms with E-state index in [0.29, 0.717) is 17.5 Å². The first kappa shape index (κ1) is 18.0. The zero-order chi connectivity index (χ0) is 14.7. The summed E-state index contributed by atoms with van der Waals surface area (Å²) in [5, 5.41) is 0. The van der Waals surface area contributed by atoms with E-state index in [1.54, 1.807) is 0 Å². The predicted molar refractivity (Wildman–Crippen MR) is 84.0 cm³/mol. The van der Waals surface area contributed by atoms with Gasteiger partial charge in [-0.2, -0.15) is 0 Å². The Bertz CT molecular complexity index is 229. The molecular formula is C17H37N. The summed E-state index contributed by atoms with van der Waals surface area (Å²) in [6.45, 7) is 23.5. The molecule has 18 heavy (non-hydrogen) atoms. The van der Waals surface area contributed by atoms with E-state index in [1.807, 2.05) is 0 Å². The van der Waals surface area contributed by atoms with Crippen molar-refractivity contribution < 1.29 is 0 Å². The maximum atomic E-state index is 2.72. The Kier molecular flexibility index (Phi) is 6.40. The molecule has 2 atom stereocenters. The monoisotopic (exact) mass is 255 g/mol. The summed E-state index contributed by atoms with van der Waals surface area (Å²) in [6, 6.07) is 1.29. The van der Waals surface area contributed by atoms with Gasteiger partial charge in [0.1, 0.15) is 0 Å². The van der Waals surface area contributed by atoms with Crippen molar-refractivity contribution in [1.82, 2.24) is 4.90 Å². The fraction of sp³-hybridized carbons (Fsp3) is 1.00. The van der Waals surface area contributed by atoms with Gasteiger partial charge in [-0.15, -0.1) is 0 Å². The molecule has 2 unspecified atom stereocenters. The molecule has 0 aliphatic carbocycles. The van der Waals surface area contributed by atoms with Gasteiger partial charge in [0.05, 0.1) is 0 Å². The number of nitrogens with zero attached hydrogens (tertiary/aromatic N) is 1. The lowest BCUT2D eigenvalue weighted by Gasteiger charge is -2.46. The van der Waals surface area contributed by atoms with Gasteiger partial charge in [0.2, 0.25) is 0 Å². The highest BCUT2D eigenvalue weighted by molar-refractivity contribution is 4.87. The van der Waals surface area contributed by atoms with Crippen LogP contribution in [-0.4, -0.2) is 22.5 Å². The Morgan fingerprint density at radius 2 is 1.22 bits per heavy atom. The molecule has 0 N–H and O–H groups in total. The molecule has 0 aliphatic heterocycles. The van der Waals surface area contributed by atoms with E-state index in [9.17, 15) is 0 Å². The SMILES string of the molecule is CC(C)CC(C)N(C(C)CC(C)(C)C)C(C)(C)C. The average Bonchev–Trinajstić information content (AvgIpc) is 1.93. The molecule has 0 aromatic heterocycles. The molecule has 0 radical (unpaired) electrons. The van der Waals surface area contributed by atoms with Gasteiger partial charge in [-0.25, -0.2) is 0 Å². The average molecular weight is 255 g/mol. The molecule has 110 valence electrons. The molecule has 0 bridgehead atoms.